The number of carbonyl (C=O) groups is 1. The van der Waals surface area contributed by atoms with E-state index in [1.54, 1.807) is 0 Å². The summed E-state index contributed by atoms with van der Waals surface area (Å²) in [4.78, 5) is 14.0. The summed E-state index contributed by atoms with van der Waals surface area (Å²) < 4.78 is 0.991. The number of anilines is 3. The van der Waals surface area contributed by atoms with Crippen molar-refractivity contribution in [3.8, 4) is 0 Å². The largest absolute Gasteiger partial charge is 0.378 e. The highest BCUT2D eigenvalue weighted by Gasteiger charge is 2.05. The first-order chi connectivity index (χ1) is 9.95. The summed E-state index contributed by atoms with van der Waals surface area (Å²) in [5.41, 5.74) is 3.64. The summed E-state index contributed by atoms with van der Waals surface area (Å²) in [5, 5.41) is 5.66. The molecule has 0 aliphatic rings. The van der Waals surface area contributed by atoms with Crippen molar-refractivity contribution in [1.29, 1.82) is 0 Å². The number of amides is 2. The maximum absolute atomic E-state index is 12.0. The van der Waals surface area contributed by atoms with Crippen molar-refractivity contribution in [3.05, 3.63) is 52.5 Å². The second kappa shape index (κ2) is 6.63. The van der Waals surface area contributed by atoms with Crippen molar-refractivity contribution in [2.24, 2.45) is 0 Å². The van der Waals surface area contributed by atoms with Gasteiger partial charge in [0.05, 0.1) is 0 Å². The van der Waals surface area contributed by atoms with Crippen molar-refractivity contribution in [3.63, 3.8) is 0 Å². The molecule has 21 heavy (non-hydrogen) atoms. The minimum atomic E-state index is -0.252. The maximum Gasteiger partial charge on any atom is 0.323 e. The Kier molecular flexibility index (Phi) is 4.85. The fourth-order valence-corrected chi connectivity index (χ4v) is 2.37. The van der Waals surface area contributed by atoms with Gasteiger partial charge in [0.1, 0.15) is 0 Å². The van der Waals surface area contributed by atoms with Gasteiger partial charge in [-0.3, -0.25) is 0 Å². The lowest BCUT2D eigenvalue weighted by molar-refractivity contribution is 0.262. The van der Waals surface area contributed by atoms with E-state index in [-0.39, 0.29) is 6.03 Å². The molecule has 0 aliphatic carbocycles. The third-order valence-corrected chi connectivity index (χ3v) is 3.57. The van der Waals surface area contributed by atoms with Gasteiger partial charge in [-0.25, -0.2) is 4.79 Å². The number of halogens is 1. The van der Waals surface area contributed by atoms with Crippen LogP contribution in [-0.2, 0) is 0 Å². The van der Waals surface area contributed by atoms with Gasteiger partial charge >= 0.3 is 6.03 Å². The van der Waals surface area contributed by atoms with E-state index in [0.29, 0.717) is 0 Å². The molecule has 0 radical (unpaired) electrons. The molecule has 0 aliphatic heterocycles. The number of urea groups is 1. The first kappa shape index (κ1) is 15.4. The molecular weight excluding hydrogens is 330 g/mol. The zero-order valence-corrected chi connectivity index (χ0v) is 13.9. The van der Waals surface area contributed by atoms with Crippen molar-refractivity contribution in [1.82, 2.24) is 0 Å². The first-order valence-electron chi connectivity index (χ1n) is 6.57. The SMILES string of the molecule is Cc1cc(Br)ccc1NC(=O)Nc1ccc(N(C)C)cc1. The molecule has 0 atom stereocenters. The van der Waals surface area contributed by atoms with Gasteiger partial charge < -0.3 is 15.5 Å². The Hall–Kier alpha value is -2.01. The number of rotatable bonds is 3. The average molecular weight is 348 g/mol. The van der Waals surface area contributed by atoms with Crippen LogP contribution in [-0.4, -0.2) is 20.1 Å². The maximum atomic E-state index is 12.0. The molecular formula is C16H18BrN3O. The predicted octanol–water partition coefficient (Wildman–Crippen LogP) is 4.47. The number of carbonyl (C=O) groups excluding carboxylic acids is 1. The molecule has 5 heteroatoms. The van der Waals surface area contributed by atoms with Crippen LogP contribution in [0.3, 0.4) is 0 Å². The molecule has 0 bridgehead atoms. The molecule has 0 heterocycles. The quantitative estimate of drug-likeness (QED) is 0.860. The monoisotopic (exact) mass is 347 g/mol. The predicted molar refractivity (Wildman–Crippen MR) is 92.3 cm³/mol. The summed E-state index contributed by atoms with van der Waals surface area (Å²) in [6.07, 6.45) is 0. The van der Waals surface area contributed by atoms with Gasteiger partial charge in [0.2, 0.25) is 0 Å². The molecule has 2 aromatic carbocycles. The minimum absolute atomic E-state index is 0.252. The van der Waals surface area contributed by atoms with Crippen molar-refractivity contribution in [2.45, 2.75) is 6.92 Å². The van der Waals surface area contributed by atoms with E-state index in [9.17, 15) is 4.79 Å². The zero-order valence-electron chi connectivity index (χ0n) is 12.3. The van der Waals surface area contributed by atoms with E-state index in [1.165, 1.54) is 0 Å². The number of hydrogen-bond donors (Lipinski definition) is 2. The molecule has 0 fully saturated rings. The van der Waals surface area contributed by atoms with Crippen LogP contribution in [0.25, 0.3) is 0 Å². The lowest BCUT2D eigenvalue weighted by atomic mass is 10.2. The highest BCUT2D eigenvalue weighted by atomic mass is 79.9. The Morgan fingerprint density at radius 1 is 1.05 bits per heavy atom. The van der Waals surface area contributed by atoms with E-state index in [0.717, 1.165) is 27.1 Å². The fourth-order valence-electron chi connectivity index (χ4n) is 1.89. The molecule has 2 rings (SSSR count). The average Bonchev–Trinajstić information content (AvgIpc) is 2.42. The van der Waals surface area contributed by atoms with Gasteiger partial charge in [-0.1, -0.05) is 15.9 Å². The summed E-state index contributed by atoms with van der Waals surface area (Å²) in [5.74, 6) is 0. The first-order valence-corrected chi connectivity index (χ1v) is 7.36. The minimum Gasteiger partial charge on any atom is -0.378 e. The number of nitrogens with zero attached hydrogens (tertiary/aromatic N) is 1. The number of hydrogen-bond acceptors (Lipinski definition) is 2. The number of nitrogens with one attached hydrogen (secondary N) is 2. The zero-order chi connectivity index (χ0) is 15.4. The highest BCUT2D eigenvalue weighted by molar-refractivity contribution is 9.10. The number of aryl methyl sites for hydroxylation is 1. The fraction of sp³-hybridized carbons (Fsp3) is 0.188. The Morgan fingerprint density at radius 2 is 1.71 bits per heavy atom. The van der Waals surface area contributed by atoms with Crippen LogP contribution < -0.4 is 15.5 Å². The second-order valence-corrected chi connectivity index (χ2v) is 5.90. The van der Waals surface area contributed by atoms with E-state index in [4.69, 9.17) is 0 Å². The Balaban J connectivity index is 2.01. The Bertz CT molecular complexity index is 638. The lowest BCUT2D eigenvalue weighted by Crippen LogP contribution is -2.20. The van der Waals surface area contributed by atoms with Crippen LogP contribution in [0.1, 0.15) is 5.56 Å². The Labute approximate surface area is 133 Å². The molecule has 110 valence electrons. The van der Waals surface area contributed by atoms with E-state index in [2.05, 4.69) is 26.6 Å². The van der Waals surface area contributed by atoms with Crippen LogP contribution in [0.5, 0.6) is 0 Å². The molecule has 2 N–H and O–H groups in total. The smallest absolute Gasteiger partial charge is 0.323 e. The van der Waals surface area contributed by atoms with Crippen LogP contribution in [0.15, 0.2) is 46.9 Å². The van der Waals surface area contributed by atoms with Crippen LogP contribution >= 0.6 is 15.9 Å². The number of benzene rings is 2. The van der Waals surface area contributed by atoms with Crippen molar-refractivity contribution in [2.75, 3.05) is 29.6 Å². The van der Waals surface area contributed by atoms with Crippen LogP contribution in [0.2, 0.25) is 0 Å². The second-order valence-electron chi connectivity index (χ2n) is 4.98. The van der Waals surface area contributed by atoms with E-state index in [1.807, 2.05) is 68.4 Å². The third kappa shape index (κ3) is 4.23. The highest BCUT2D eigenvalue weighted by Crippen LogP contribution is 2.20. The third-order valence-electron chi connectivity index (χ3n) is 3.08. The van der Waals surface area contributed by atoms with Crippen LogP contribution in [0.4, 0.5) is 21.9 Å². The Morgan fingerprint density at radius 3 is 2.29 bits per heavy atom. The summed E-state index contributed by atoms with van der Waals surface area (Å²) in [6.45, 7) is 1.95. The van der Waals surface area contributed by atoms with Crippen LogP contribution in [0, 0.1) is 6.92 Å². The van der Waals surface area contributed by atoms with Crippen molar-refractivity contribution < 1.29 is 4.79 Å². The summed E-state index contributed by atoms with van der Waals surface area (Å²) in [6, 6.07) is 13.1. The standard InChI is InChI=1S/C16H18BrN3O/c1-11-10-12(17)4-9-15(11)19-16(21)18-13-5-7-14(8-6-13)20(2)3/h4-10H,1-3H3,(H2,18,19,21). The van der Waals surface area contributed by atoms with E-state index >= 15 is 0 Å². The van der Waals surface area contributed by atoms with Gasteiger partial charge in [0.15, 0.2) is 0 Å². The van der Waals surface area contributed by atoms with Gasteiger partial charge in [0, 0.05) is 35.6 Å². The molecule has 0 saturated carbocycles. The van der Waals surface area contributed by atoms with E-state index < -0.39 is 0 Å². The summed E-state index contributed by atoms with van der Waals surface area (Å²) >= 11 is 3.40. The van der Waals surface area contributed by atoms with Gasteiger partial charge in [-0.05, 0) is 55.0 Å². The molecule has 2 amide bonds. The van der Waals surface area contributed by atoms with Gasteiger partial charge in [-0.15, -0.1) is 0 Å². The molecule has 4 nitrogen and oxygen atoms in total. The lowest BCUT2D eigenvalue weighted by Gasteiger charge is -2.13. The van der Waals surface area contributed by atoms with Crippen molar-refractivity contribution >= 4 is 39.0 Å². The molecule has 0 unspecified atom stereocenters. The van der Waals surface area contributed by atoms with Gasteiger partial charge in [-0.2, -0.15) is 0 Å². The topological polar surface area (TPSA) is 44.4 Å². The normalized spacial score (nSPS) is 10.1. The molecule has 0 spiro atoms. The summed E-state index contributed by atoms with van der Waals surface area (Å²) in [7, 11) is 3.96. The molecule has 0 aromatic heterocycles. The molecule has 2 aromatic rings. The molecule has 0 saturated heterocycles. The van der Waals surface area contributed by atoms with Gasteiger partial charge in [0.25, 0.3) is 0 Å².